The number of hydrogen-bond acceptors (Lipinski definition) is 0. The summed E-state index contributed by atoms with van der Waals surface area (Å²) in [7, 11) is 0. The lowest BCUT2D eigenvalue weighted by Crippen LogP contribution is -2.12. The van der Waals surface area contributed by atoms with Gasteiger partial charge in [-0.25, -0.2) is 0 Å². The van der Waals surface area contributed by atoms with E-state index in [4.69, 9.17) is 34.8 Å². The molecule has 0 radical (unpaired) electrons. The van der Waals surface area contributed by atoms with Gasteiger partial charge in [0, 0.05) is 15.1 Å². The normalized spacial score (nSPS) is 12.9. The zero-order chi connectivity index (χ0) is 17.8. The highest BCUT2D eigenvalue weighted by atomic mass is 35.5. The lowest BCUT2D eigenvalue weighted by Gasteiger charge is -2.26. The summed E-state index contributed by atoms with van der Waals surface area (Å²) >= 11 is 19.0. The minimum Gasteiger partial charge on any atom is -0.147 e. The molecule has 0 spiro atoms. The molecule has 3 aromatic rings. The molecule has 0 amide bonds. The zero-order valence-corrected chi connectivity index (χ0v) is 17.4. The van der Waals surface area contributed by atoms with Crippen LogP contribution in [0.25, 0.3) is 0 Å². The molecule has 3 aromatic carbocycles. The number of hydrogen-bond donors (Lipinski definition) is 0. The second kappa shape index (κ2) is 9.67. The lowest BCUT2D eigenvalue weighted by atomic mass is 9.79. The van der Waals surface area contributed by atoms with Gasteiger partial charge in [0.15, 0.2) is 0 Å². The van der Waals surface area contributed by atoms with Gasteiger partial charge in [0.1, 0.15) is 0 Å². The molecule has 0 saturated carbocycles. The van der Waals surface area contributed by atoms with Crippen LogP contribution in [0, 0.1) is 0 Å². The maximum absolute atomic E-state index is 6.46. The molecule has 0 heterocycles. The van der Waals surface area contributed by atoms with E-state index < -0.39 is 0 Å². The van der Waals surface area contributed by atoms with Gasteiger partial charge in [-0.15, -0.1) is 12.4 Å². The summed E-state index contributed by atoms with van der Waals surface area (Å²) in [4.78, 5) is 0. The molecule has 0 fully saturated rings. The first-order valence-corrected chi connectivity index (χ1v) is 9.43. The van der Waals surface area contributed by atoms with Crippen molar-refractivity contribution >= 4 is 47.2 Å². The van der Waals surface area contributed by atoms with Crippen molar-refractivity contribution in [3.05, 3.63) is 105 Å². The Morgan fingerprint density at radius 3 is 1.92 bits per heavy atom. The summed E-state index contributed by atoms with van der Waals surface area (Å²) in [5, 5.41) is 2.34. The smallest absolute Gasteiger partial charge is 0.0440 e. The Morgan fingerprint density at radius 2 is 1.31 bits per heavy atom. The van der Waals surface area contributed by atoms with Crippen LogP contribution in [-0.2, 0) is 6.42 Å². The fourth-order valence-corrected chi connectivity index (χ4v) is 3.90. The van der Waals surface area contributed by atoms with Gasteiger partial charge < -0.3 is 0 Å². The van der Waals surface area contributed by atoms with E-state index >= 15 is 0 Å². The van der Waals surface area contributed by atoms with E-state index in [2.05, 4.69) is 31.2 Å². The van der Waals surface area contributed by atoms with Crippen LogP contribution < -0.4 is 0 Å². The van der Waals surface area contributed by atoms with Gasteiger partial charge in [-0.3, -0.25) is 0 Å². The molecule has 0 nitrogen and oxygen atoms in total. The standard InChI is InChI=1S/C22H19Cl3.ClH/c1-15(19-7-3-5-9-22(19)25)20(16-10-12-18(23)13-11-16)14-17-6-2-4-8-21(17)24;/h2-13,15,20H,14H2,1H3;1H. The highest BCUT2D eigenvalue weighted by molar-refractivity contribution is 6.31. The van der Waals surface area contributed by atoms with Gasteiger partial charge >= 0.3 is 0 Å². The van der Waals surface area contributed by atoms with Crippen molar-refractivity contribution in [3.8, 4) is 0 Å². The molecule has 0 N–H and O–H groups in total. The number of rotatable bonds is 5. The molecule has 3 rings (SSSR count). The van der Waals surface area contributed by atoms with Crippen LogP contribution in [0.2, 0.25) is 15.1 Å². The van der Waals surface area contributed by atoms with Crippen molar-refractivity contribution < 1.29 is 0 Å². The van der Waals surface area contributed by atoms with Crippen LogP contribution in [0.5, 0.6) is 0 Å². The van der Waals surface area contributed by atoms with Gasteiger partial charge in [0.05, 0.1) is 0 Å². The molecule has 2 unspecified atom stereocenters. The van der Waals surface area contributed by atoms with Crippen molar-refractivity contribution in [1.29, 1.82) is 0 Å². The van der Waals surface area contributed by atoms with Crippen LogP contribution in [-0.4, -0.2) is 0 Å². The third-order valence-electron chi connectivity index (χ3n) is 4.70. The summed E-state index contributed by atoms with van der Waals surface area (Å²) in [6, 6.07) is 24.1. The lowest BCUT2D eigenvalue weighted by molar-refractivity contribution is 0.572. The molecule has 4 heteroatoms. The average Bonchev–Trinajstić information content (AvgIpc) is 2.62. The van der Waals surface area contributed by atoms with Gasteiger partial charge in [-0.1, -0.05) is 90.3 Å². The first-order chi connectivity index (χ1) is 12.1. The Hall–Kier alpha value is -1.18. The molecule has 136 valence electrons. The van der Waals surface area contributed by atoms with E-state index in [1.54, 1.807) is 0 Å². The summed E-state index contributed by atoms with van der Waals surface area (Å²) in [5.41, 5.74) is 3.52. The predicted molar refractivity (Wildman–Crippen MR) is 116 cm³/mol. The Labute approximate surface area is 176 Å². The first kappa shape index (κ1) is 21.1. The van der Waals surface area contributed by atoms with Crippen LogP contribution in [0.1, 0.15) is 35.4 Å². The predicted octanol–water partition coefficient (Wildman–Crippen LogP) is 8.20. The van der Waals surface area contributed by atoms with Crippen molar-refractivity contribution in [1.82, 2.24) is 0 Å². The Balaban J connectivity index is 0.00000243. The Bertz CT molecular complexity index is 843. The zero-order valence-electron chi connectivity index (χ0n) is 14.3. The maximum atomic E-state index is 6.46. The quantitative estimate of drug-likeness (QED) is 0.386. The van der Waals surface area contributed by atoms with Crippen LogP contribution in [0.3, 0.4) is 0 Å². The monoisotopic (exact) mass is 424 g/mol. The summed E-state index contributed by atoms with van der Waals surface area (Å²) in [6.45, 7) is 2.22. The molecule has 26 heavy (non-hydrogen) atoms. The van der Waals surface area contributed by atoms with E-state index in [9.17, 15) is 0 Å². The highest BCUT2D eigenvalue weighted by Crippen LogP contribution is 2.39. The van der Waals surface area contributed by atoms with Gasteiger partial charge in [0.25, 0.3) is 0 Å². The average molecular weight is 426 g/mol. The third kappa shape index (κ3) is 4.96. The van der Waals surface area contributed by atoms with E-state index in [0.717, 1.165) is 32.6 Å². The van der Waals surface area contributed by atoms with Gasteiger partial charge in [0.2, 0.25) is 0 Å². The molecule has 0 aromatic heterocycles. The fourth-order valence-electron chi connectivity index (χ4n) is 3.26. The van der Waals surface area contributed by atoms with E-state index in [-0.39, 0.29) is 24.2 Å². The summed E-state index contributed by atoms with van der Waals surface area (Å²) in [6.07, 6.45) is 0.841. The minimum absolute atomic E-state index is 0. The number of benzene rings is 3. The SMILES string of the molecule is CC(c1ccccc1Cl)C(Cc1ccccc1Cl)c1ccc(Cl)cc1.Cl. The molecular weight excluding hydrogens is 406 g/mol. The van der Waals surface area contributed by atoms with Crippen molar-refractivity contribution in [2.24, 2.45) is 0 Å². The summed E-state index contributed by atoms with van der Waals surface area (Å²) in [5.74, 6) is 0.489. The molecule has 0 aliphatic carbocycles. The van der Waals surface area contributed by atoms with Gasteiger partial charge in [-0.05, 0) is 59.2 Å². The molecule has 0 aliphatic rings. The first-order valence-electron chi connectivity index (χ1n) is 8.29. The maximum Gasteiger partial charge on any atom is 0.0440 e. The van der Waals surface area contributed by atoms with E-state index in [1.807, 2.05) is 48.5 Å². The highest BCUT2D eigenvalue weighted by Gasteiger charge is 2.23. The second-order valence-electron chi connectivity index (χ2n) is 6.26. The second-order valence-corrected chi connectivity index (χ2v) is 7.51. The van der Waals surface area contributed by atoms with Crippen molar-refractivity contribution in [3.63, 3.8) is 0 Å². The molecule has 0 saturated heterocycles. The molecular formula is C22H20Cl4. The van der Waals surface area contributed by atoms with Crippen molar-refractivity contribution in [2.75, 3.05) is 0 Å². The van der Waals surface area contributed by atoms with Gasteiger partial charge in [-0.2, -0.15) is 0 Å². The largest absolute Gasteiger partial charge is 0.147 e. The fraction of sp³-hybridized carbons (Fsp3) is 0.182. The van der Waals surface area contributed by atoms with Crippen LogP contribution in [0.4, 0.5) is 0 Å². The third-order valence-corrected chi connectivity index (χ3v) is 5.66. The topological polar surface area (TPSA) is 0 Å². The Kier molecular flexibility index (Phi) is 7.85. The molecule has 2 atom stereocenters. The van der Waals surface area contributed by atoms with E-state index in [1.165, 1.54) is 5.56 Å². The molecule has 0 bridgehead atoms. The number of halogens is 4. The van der Waals surface area contributed by atoms with Crippen LogP contribution >= 0.6 is 47.2 Å². The molecule has 0 aliphatic heterocycles. The minimum atomic E-state index is 0. The van der Waals surface area contributed by atoms with Crippen LogP contribution in [0.15, 0.2) is 72.8 Å². The van der Waals surface area contributed by atoms with E-state index in [0.29, 0.717) is 0 Å². The Morgan fingerprint density at radius 1 is 0.731 bits per heavy atom. The summed E-state index contributed by atoms with van der Waals surface area (Å²) < 4.78 is 0. The van der Waals surface area contributed by atoms with Crippen molar-refractivity contribution in [2.45, 2.75) is 25.2 Å².